The van der Waals surface area contributed by atoms with Crippen molar-refractivity contribution >= 4 is 11.9 Å². The molecule has 2 unspecified atom stereocenters. The molecule has 2 N–H and O–H groups in total. The van der Waals surface area contributed by atoms with Gasteiger partial charge in [0.05, 0.1) is 5.92 Å². The Labute approximate surface area is 87.3 Å². The molecule has 0 bridgehead atoms. The average Bonchev–Trinajstić information content (AvgIpc) is 2.45. The van der Waals surface area contributed by atoms with Crippen molar-refractivity contribution in [2.75, 3.05) is 12.4 Å². The van der Waals surface area contributed by atoms with Crippen molar-refractivity contribution in [1.29, 1.82) is 0 Å². The van der Waals surface area contributed by atoms with Crippen molar-refractivity contribution in [3.8, 4) is 0 Å². The van der Waals surface area contributed by atoms with Gasteiger partial charge in [-0.1, -0.05) is 0 Å². The molecule has 1 aromatic heterocycles. The van der Waals surface area contributed by atoms with Crippen LogP contribution in [0.3, 0.4) is 0 Å². The molecular weight excluding hydrogens is 196 g/mol. The highest BCUT2D eigenvalue weighted by atomic mass is 16.4. The average molecular weight is 210 g/mol. The number of hydrogen-bond acceptors (Lipinski definition) is 4. The first-order valence-corrected chi connectivity index (χ1v) is 4.95. The van der Waals surface area contributed by atoms with E-state index in [4.69, 9.17) is 5.11 Å². The molecule has 0 spiro atoms. The third-order valence-corrected chi connectivity index (χ3v) is 3.06. The Balaban J connectivity index is 2.23. The molecule has 1 fully saturated rings. The largest absolute Gasteiger partial charge is 0.481 e. The van der Waals surface area contributed by atoms with E-state index < -0.39 is 5.97 Å². The molecule has 0 aromatic carbocycles. The molecule has 2 rings (SSSR count). The molecule has 1 heterocycles. The van der Waals surface area contributed by atoms with E-state index >= 15 is 0 Å². The van der Waals surface area contributed by atoms with Gasteiger partial charge in [0.25, 0.3) is 0 Å². The van der Waals surface area contributed by atoms with Crippen LogP contribution in [0.15, 0.2) is 0 Å². The smallest absolute Gasteiger partial charge is 0.307 e. The number of carbonyl (C=O) groups is 1. The number of aliphatic carboxylic acids is 1. The van der Waals surface area contributed by atoms with Crippen molar-refractivity contribution in [3.63, 3.8) is 0 Å². The van der Waals surface area contributed by atoms with Gasteiger partial charge >= 0.3 is 5.97 Å². The minimum absolute atomic E-state index is 0.0158. The number of aromatic nitrogens is 3. The summed E-state index contributed by atoms with van der Waals surface area (Å²) in [6.07, 6.45) is 1.62. The van der Waals surface area contributed by atoms with Crippen molar-refractivity contribution in [1.82, 2.24) is 14.8 Å². The Morgan fingerprint density at radius 1 is 1.53 bits per heavy atom. The Morgan fingerprint density at radius 2 is 2.27 bits per heavy atom. The molecule has 1 aromatic rings. The first-order chi connectivity index (χ1) is 7.15. The van der Waals surface area contributed by atoms with Crippen LogP contribution in [0.1, 0.15) is 24.6 Å². The lowest BCUT2D eigenvalue weighted by Gasteiger charge is -2.32. The fourth-order valence-electron chi connectivity index (χ4n) is 1.99. The van der Waals surface area contributed by atoms with Crippen LogP contribution in [-0.2, 0) is 11.8 Å². The van der Waals surface area contributed by atoms with E-state index in [1.165, 1.54) is 0 Å². The monoisotopic (exact) mass is 210 g/mol. The van der Waals surface area contributed by atoms with Crippen LogP contribution in [0.25, 0.3) is 0 Å². The summed E-state index contributed by atoms with van der Waals surface area (Å²) in [7, 11) is 3.61. The summed E-state index contributed by atoms with van der Waals surface area (Å²) in [5, 5.41) is 19.8. The molecule has 6 heteroatoms. The zero-order chi connectivity index (χ0) is 11.0. The lowest BCUT2D eigenvalue weighted by Crippen LogP contribution is -2.32. The summed E-state index contributed by atoms with van der Waals surface area (Å²) in [6.45, 7) is 0. The minimum atomic E-state index is -0.736. The lowest BCUT2D eigenvalue weighted by atomic mass is 9.73. The van der Waals surface area contributed by atoms with E-state index in [1.54, 1.807) is 7.05 Å². The van der Waals surface area contributed by atoms with Crippen molar-refractivity contribution in [2.45, 2.75) is 18.8 Å². The number of anilines is 1. The molecule has 82 valence electrons. The third kappa shape index (κ3) is 1.45. The van der Waals surface area contributed by atoms with Crippen molar-refractivity contribution in [3.05, 3.63) is 5.82 Å². The van der Waals surface area contributed by atoms with Gasteiger partial charge in [-0.05, 0) is 12.8 Å². The number of rotatable bonds is 3. The van der Waals surface area contributed by atoms with E-state index in [1.807, 2.05) is 11.6 Å². The molecule has 0 saturated heterocycles. The maximum atomic E-state index is 10.9. The van der Waals surface area contributed by atoms with Crippen molar-refractivity contribution < 1.29 is 9.90 Å². The molecule has 1 aliphatic carbocycles. The fourth-order valence-corrected chi connectivity index (χ4v) is 1.99. The molecule has 15 heavy (non-hydrogen) atoms. The summed E-state index contributed by atoms with van der Waals surface area (Å²) in [5.41, 5.74) is 0. The number of nitrogens with zero attached hydrogens (tertiary/aromatic N) is 3. The summed E-state index contributed by atoms with van der Waals surface area (Å²) in [4.78, 5) is 10.9. The molecule has 2 atom stereocenters. The highest BCUT2D eigenvalue weighted by Gasteiger charge is 2.40. The third-order valence-electron chi connectivity index (χ3n) is 3.06. The minimum Gasteiger partial charge on any atom is -0.481 e. The lowest BCUT2D eigenvalue weighted by molar-refractivity contribution is -0.145. The normalized spacial score (nSPS) is 24.7. The number of carboxylic acid groups (broad SMARTS) is 1. The SMILES string of the molecule is CNc1nnc(C2CCC2C(=O)O)n1C. The fraction of sp³-hybridized carbons (Fsp3) is 0.667. The summed E-state index contributed by atoms with van der Waals surface area (Å²) in [5.74, 6) is 0.416. The molecular formula is C9H14N4O2. The Hall–Kier alpha value is -1.59. The van der Waals surface area contributed by atoms with Crippen LogP contribution in [0.4, 0.5) is 5.95 Å². The predicted octanol–water partition coefficient (Wildman–Crippen LogP) is 0.435. The standard InChI is InChI=1S/C9H14N4O2/c1-10-9-12-11-7(13(9)2)5-3-4-6(5)8(14)15/h5-6H,3-4H2,1-2H3,(H,10,12)(H,14,15). The second kappa shape index (κ2) is 3.52. The second-order valence-corrected chi connectivity index (χ2v) is 3.82. The van der Waals surface area contributed by atoms with Gasteiger partial charge in [0, 0.05) is 20.0 Å². The van der Waals surface area contributed by atoms with Gasteiger partial charge in [0.15, 0.2) is 0 Å². The maximum Gasteiger partial charge on any atom is 0.307 e. The Kier molecular flexibility index (Phi) is 2.34. The van der Waals surface area contributed by atoms with Crippen LogP contribution in [-0.4, -0.2) is 32.9 Å². The summed E-state index contributed by atoms with van der Waals surface area (Å²) >= 11 is 0. The topological polar surface area (TPSA) is 80.0 Å². The van der Waals surface area contributed by atoms with E-state index in [0.29, 0.717) is 5.95 Å². The van der Waals surface area contributed by atoms with Crippen molar-refractivity contribution in [2.24, 2.45) is 13.0 Å². The van der Waals surface area contributed by atoms with Crippen LogP contribution < -0.4 is 5.32 Å². The second-order valence-electron chi connectivity index (χ2n) is 3.82. The highest BCUT2D eigenvalue weighted by Crippen LogP contribution is 2.41. The molecule has 0 aliphatic heterocycles. The first kappa shape index (κ1) is 9.95. The molecule has 6 nitrogen and oxygen atoms in total. The quantitative estimate of drug-likeness (QED) is 0.756. The van der Waals surface area contributed by atoms with E-state index in [-0.39, 0.29) is 11.8 Å². The number of carboxylic acids is 1. The van der Waals surface area contributed by atoms with E-state index in [9.17, 15) is 4.79 Å². The molecule has 1 saturated carbocycles. The Morgan fingerprint density at radius 3 is 2.67 bits per heavy atom. The van der Waals surface area contributed by atoms with E-state index in [2.05, 4.69) is 15.5 Å². The summed E-state index contributed by atoms with van der Waals surface area (Å²) in [6, 6.07) is 0. The Bertz CT molecular complexity index is 387. The first-order valence-electron chi connectivity index (χ1n) is 4.95. The maximum absolute atomic E-state index is 10.9. The summed E-state index contributed by atoms with van der Waals surface area (Å²) < 4.78 is 1.82. The van der Waals surface area contributed by atoms with Crippen LogP contribution in [0, 0.1) is 5.92 Å². The van der Waals surface area contributed by atoms with Crippen LogP contribution >= 0.6 is 0 Å². The van der Waals surface area contributed by atoms with Gasteiger partial charge in [0.1, 0.15) is 5.82 Å². The highest BCUT2D eigenvalue weighted by molar-refractivity contribution is 5.72. The number of nitrogens with one attached hydrogen (secondary N) is 1. The van der Waals surface area contributed by atoms with Gasteiger partial charge in [-0.3, -0.25) is 4.79 Å². The molecule has 1 aliphatic rings. The van der Waals surface area contributed by atoms with Crippen LogP contribution in [0.5, 0.6) is 0 Å². The number of hydrogen-bond donors (Lipinski definition) is 2. The molecule has 0 radical (unpaired) electrons. The van der Waals surface area contributed by atoms with Crippen LogP contribution in [0.2, 0.25) is 0 Å². The zero-order valence-corrected chi connectivity index (χ0v) is 8.77. The van der Waals surface area contributed by atoms with Gasteiger partial charge < -0.3 is 15.0 Å². The predicted molar refractivity (Wildman–Crippen MR) is 53.7 cm³/mol. The zero-order valence-electron chi connectivity index (χ0n) is 8.77. The van der Waals surface area contributed by atoms with Gasteiger partial charge in [-0.15, -0.1) is 10.2 Å². The molecule has 0 amide bonds. The van der Waals surface area contributed by atoms with E-state index in [0.717, 1.165) is 18.7 Å². The van der Waals surface area contributed by atoms with Gasteiger partial charge in [-0.2, -0.15) is 0 Å². The van der Waals surface area contributed by atoms with Gasteiger partial charge in [-0.25, -0.2) is 0 Å². The van der Waals surface area contributed by atoms with Gasteiger partial charge in [0.2, 0.25) is 5.95 Å².